The van der Waals surface area contributed by atoms with Gasteiger partial charge in [0.05, 0.1) is 25.9 Å². The van der Waals surface area contributed by atoms with Gasteiger partial charge in [0.25, 0.3) is 0 Å². The third-order valence-corrected chi connectivity index (χ3v) is 3.78. The second-order valence-corrected chi connectivity index (χ2v) is 5.87. The molecule has 6 nitrogen and oxygen atoms in total. The van der Waals surface area contributed by atoms with E-state index in [1.165, 1.54) is 5.56 Å². The van der Waals surface area contributed by atoms with Crippen LogP contribution in [-0.4, -0.2) is 66.8 Å². The first-order valence-corrected chi connectivity index (χ1v) is 7.56. The Morgan fingerprint density at radius 1 is 1.41 bits per heavy atom. The number of carbonyl (C=O) groups excluding carboxylic acids is 1. The van der Waals surface area contributed by atoms with Gasteiger partial charge in [-0.25, -0.2) is 0 Å². The molecule has 3 N–H and O–H groups in total. The molecule has 0 aliphatic carbocycles. The van der Waals surface area contributed by atoms with Gasteiger partial charge in [0.2, 0.25) is 5.91 Å². The number of likely N-dealkylation sites (N-methyl/N-ethyl adjacent to an activating group) is 1. The van der Waals surface area contributed by atoms with Gasteiger partial charge in [0, 0.05) is 26.2 Å². The van der Waals surface area contributed by atoms with E-state index < -0.39 is 0 Å². The summed E-state index contributed by atoms with van der Waals surface area (Å²) in [6.45, 7) is 4.33. The number of nitrogens with zero attached hydrogens (tertiary/aromatic N) is 2. The zero-order valence-corrected chi connectivity index (χ0v) is 13.1. The first-order chi connectivity index (χ1) is 10.6. The summed E-state index contributed by atoms with van der Waals surface area (Å²) in [6, 6.07) is 8.01. The Bertz CT molecular complexity index is 478. The van der Waals surface area contributed by atoms with Crippen LogP contribution in [0, 0.1) is 0 Å². The first kappa shape index (κ1) is 16.9. The van der Waals surface area contributed by atoms with Crippen LogP contribution in [0.1, 0.15) is 11.1 Å². The largest absolute Gasteiger partial charge is 0.392 e. The molecule has 1 aromatic rings. The van der Waals surface area contributed by atoms with Crippen LogP contribution in [0.5, 0.6) is 0 Å². The fourth-order valence-electron chi connectivity index (χ4n) is 2.72. The van der Waals surface area contributed by atoms with E-state index in [9.17, 15) is 4.79 Å². The van der Waals surface area contributed by atoms with Crippen LogP contribution in [-0.2, 0) is 22.7 Å². The summed E-state index contributed by atoms with van der Waals surface area (Å²) in [5.74, 6) is -0.320. The number of aliphatic hydroxyl groups excluding tert-OH is 1. The number of aliphatic hydroxyl groups is 1. The van der Waals surface area contributed by atoms with Crippen molar-refractivity contribution in [3.63, 3.8) is 0 Å². The van der Waals surface area contributed by atoms with Crippen molar-refractivity contribution < 1.29 is 14.6 Å². The molecular formula is C16H25N3O3. The minimum absolute atomic E-state index is 0.0755. The average Bonchev–Trinajstić information content (AvgIpc) is 2.47. The molecule has 1 aliphatic rings. The predicted octanol–water partition coefficient (Wildman–Crippen LogP) is -0.203. The molecule has 0 saturated carbocycles. The van der Waals surface area contributed by atoms with E-state index in [1.807, 2.05) is 24.1 Å². The molecule has 1 amide bonds. The van der Waals surface area contributed by atoms with Crippen LogP contribution in [0.3, 0.4) is 0 Å². The van der Waals surface area contributed by atoms with E-state index in [0.29, 0.717) is 13.2 Å². The molecule has 2 rings (SSSR count). The highest BCUT2D eigenvalue weighted by Crippen LogP contribution is 2.12. The number of nitrogens with two attached hydrogens (primary N) is 1. The number of benzene rings is 1. The van der Waals surface area contributed by atoms with Gasteiger partial charge in [-0.15, -0.1) is 0 Å². The van der Waals surface area contributed by atoms with Crippen LogP contribution >= 0.6 is 0 Å². The number of morpholine rings is 1. The minimum Gasteiger partial charge on any atom is -0.392 e. The molecule has 1 aromatic carbocycles. The minimum atomic E-state index is -0.320. The third kappa shape index (κ3) is 5.38. The van der Waals surface area contributed by atoms with Gasteiger partial charge in [-0.3, -0.25) is 14.6 Å². The number of hydrogen-bond acceptors (Lipinski definition) is 5. The van der Waals surface area contributed by atoms with Crippen LogP contribution in [0.25, 0.3) is 0 Å². The van der Waals surface area contributed by atoms with E-state index >= 15 is 0 Å². The van der Waals surface area contributed by atoms with Gasteiger partial charge in [-0.2, -0.15) is 0 Å². The van der Waals surface area contributed by atoms with Crippen molar-refractivity contribution in [3.8, 4) is 0 Å². The molecule has 1 heterocycles. The molecule has 1 saturated heterocycles. The van der Waals surface area contributed by atoms with Crippen molar-refractivity contribution in [1.29, 1.82) is 0 Å². The number of carbonyl (C=O) groups is 1. The lowest BCUT2D eigenvalue weighted by atomic mass is 10.1. The van der Waals surface area contributed by atoms with Gasteiger partial charge in [0.1, 0.15) is 0 Å². The molecule has 0 bridgehead atoms. The standard InChI is InChI=1S/C16H25N3O3/c1-18(11-16(17)21)9-15-10-19(6-7-22-15)8-13-2-4-14(12-20)5-3-13/h2-5,15,20H,6-12H2,1H3,(H2,17,21)/t15-/m1/s1. The highest BCUT2D eigenvalue weighted by molar-refractivity contribution is 5.75. The lowest BCUT2D eigenvalue weighted by Crippen LogP contribution is -2.47. The van der Waals surface area contributed by atoms with E-state index in [2.05, 4.69) is 17.0 Å². The topological polar surface area (TPSA) is 79.0 Å². The maximum Gasteiger partial charge on any atom is 0.231 e. The Kier molecular flexibility index (Phi) is 6.33. The van der Waals surface area contributed by atoms with Gasteiger partial charge in [-0.05, 0) is 18.2 Å². The van der Waals surface area contributed by atoms with E-state index in [0.717, 1.165) is 25.2 Å². The first-order valence-electron chi connectivity index (χ1n) is 7.56. The van der Waals surface area contributed by atoms with Crippen molar-refractivity contribution in [1.82, 2.24) is 9.80 Å². The molecule has 0 aromatic heterocycles. The molecule has 6 heteroatoms. The maximum absolute atomic E-state index is 10.9. The SMILES string of the molecule is CN(CC(N)=O)C[C@@H]1CN(Cc2ccc(CO)cc2)CCO1. The summed E-state index contributed by atoms with van der Waals surface area (Å²) in [5.41, 5.74) is 7.35. The van der Waals surface area contributed by atoms with E-state index in [-0.39, 0.29) is 25.2 Å². The van der Waals surface area contributed by atoms with Gasteiger partial charge < -0.3 is 15.6 Å². The molecule has 0 spiro atoms. The molecule has 0 radical (unpaired) electrons. The second kappa shape index (κ2) is 8.24. The fourth-order valence-corrected chi connectivity index (χ4v) is 2.72. The number of amides is 1. The quantitative estimate of drug-likeness (QED) is 0.729. The zero-order valence-electron chi connectivity index (χ0n) is 13.1. The summed E-state index contributed by atoms with van der Waals surface area (Å²) in [7, 11) is 1.88. The predicted molar refractivity (Wildman–Crippen MR) is 84.1 cm³/mol. The number of rotatable bonds is 7. The summed E-state index contributed by atoms with van der Waals surface area (Å²) in [6.07, 6.45) is 0.0924. The normalized spacial score (nSPS) is 19.5. The summed E-state index contributed by atoms with van der Waals surface area (Å²) < 4.78 is 5.77. The fraction of sp³-hybridized carbons (Fsp3) is 0.562. The second-order valence-electron chi connectivity index (χ2n) is 5.87. The number of primary amides is 1. The molecular weight excluding hydrogens is 282 g/mol. The molecule has 1 fully saturated rings. The number of hydrogen-bond donors (Lipinski definition) is 2. The van der Waals surface area contributed by atoms with Crippen molar-refractivity contribution in [2.75, 3.05) is 39.8 Å². The van der Waals surface area contributed by atoms with Crippen molar-refractivity contribution in [2.24, 2.45) is 5.73 Å². The van der Waals surface area contributed by atoms with Gasteiger partial charge in [-0.1, -0.05) is 24.3 Å². The van der Waals surface area contributed by atoms with Crippen molar-refractivity contribution in [3.05, 3.63) is 35.4 Å². The van der Waals surface area contributed by atoms with Crippen molar-refractivity contribution >= 4 is 5.91 Å². The molecule has 122 valence electrons. The monoisotopic (exact) mass is 307 g/mol. The van der Waals surface area contributed by atoms with Crippen LogP contribution in [0.2, 0.25) is 0 Å². The Morgan fingerprint density at radius 2 is 2.09 bits per heavy atom. The zero-order chi connectivity index (χ0) is 15.9. The molecule has 0 unspecified atom stereocenters. The lowest BCUT2D eigenvalue weighted by Gasteiger charge is -2.34. The highest BCUT2D eigenvalue weighted by Gasteiger charge is 2.22. The Labute approximate surface area is 131 Å². The summed E-state index contributed by atoms with van der Waals surface area (Å²) in [5, 5.41) is 9.07. The Hall–Kier alpha value is -1.47. The Morgan fingerprint density at radius 3 is 2.73 bits per heavy atom. The third-order valence-electron chi connectivity index (χ3n) is 3.78. The maximum atomic E-state index is 10.9. The van der Waals surface area contributed by atoms with Crippen LogP contribution < -0.4 is 5.73 Å². The van der Waals surface area contributed by atoms with Crippen LogP contribution in [0.15, 0.2) is 24.3 Å². The van der Waals surface area contributed by atoms with E-state index in [4.69, 9.17) is 15.6 Å². The van der Waals surface area contributed by atoms with Gasteiger partial charge >= 0.3 is 0 Å². The molecule has 1 atom stereocenters. The Balaban J connectivity index is 1.83. The molecule has 1 aliphatic heterocycles. The lowest BCUT2D eigenvalue weighted by molar-refractivity contribution is -0.119. The highest BCUT2D eigenvalue weighted by atomic mass is 16.5. The van der Waals surface area contributed by atoms with Crippen molar-refractivity contribution in [2.45, 2.75) is 19.3 Å². The molecule has 22 heavy (non-hydrogen) atoms. The summed E-state index contributed by atoms with van der Waals surface area (Å²) in [4.78, 5) is 15.2. The number of ether oxygens (including phenoxy) is 1. The van der Waals surface area contributed by atoms with E-state index in [1.54, 1.807) is 0 Å². The summed E-state index contributed by atoms with van der Waals surface area (Å²) >= 11 is 0. The smallest absolute Gasteiger partial charge is 0.231 e. The van der Waals surface area contributed by atoms with Crippen LogP contribution in [0.4, 0.5) is 0 Å². The average molecular weight is 307 g/mol. The van der Waals surface area contributed by atoms with Gasteiger partial charge in [0.15, 0.2) is 0 Å².